The van der Waals surface area contributed by atoms with Gasteiger partial charge in [-0.3, -0.25) is 0 Å². The van der Waals surface area contributed by atoms with Crippen molar-refractivity contribution in [2.45, 2.75) is 46.5 Å². The van der Waals surface area contributed by atoms with Crippen molar-refractivity contribution in [1.82, 2.24) is 0 Å². The minimum Gasteiger partial charge on any atom is -0.478 e. The third-order valence-electron chi connectivity index (χ3n) is 1.89. The summed E-state index contributed by atoms with van der Waals surface area (Å²) >= 11 is 0. The van der Waals surface area contributed by atoms with Crippen LogP contribution in [-0.4, -0.2) is 11.1 Å². The minimum absolute atomic E-state index is 0.587. The molecule has 2 heteroatoms. The van der Waals surface area contributed by atoms with E-state index in [1.54, 1.807) is 0 Å². The summed E-state index contributed by atoms with van der Waals surface area (Å²) in [5.74, 6) is -0.758. The van der Waals surface area contributed by atoms with E-state index in [9.17, 15) is 4.79 Å². The van der Waals surface area contributed by atoms with Crippen LogP contribution in [0.15, 0.2) is 11.1 Å². The molecule has 2 nitrogen and oxygen atoms in total. The lowest BCUT2D eigenvalue weighted by molar-refractivity contribution is -0.132. The highest BCUT2D eigenvalue weighted by Gasteiger charge is 2.07. The second-order valence-corrected chi connectivity index (χ2v) is 3.24. The number of carbonyl (C=O) groups is 1. The monoisotopic (exact) mass is 170 g/mol. The summed E-state index contributed by atoms with van der Waals surface area (Å²) in [7, 11) is 0. The summed E-state index contributed by atoms with van der Waals surface area (Å²) in [6, 6.07) is 0. The van der Waals surface area contributed by atoms with Crippen LogP contribution in [0.2, 0.25) is 0 Å². The summed E-state index contributed by atoms with van der Waals surface area (Å²) in [6.07, 6.45) is 3.95. The van der Waals surface area contributed by atoms with Crippen molar-refractivity contribution in [3.8, 4) is 0 Å². The lowest BCUT2D eigenvalue weighted by Crippen LogP contribution is -2.02. The Morgan fingerprint density at radius 2 is 1.83 bits per heavy atom. The Bertz CT molecular complexity index is 176. The van der Waals surface area contributed by atoms with Crippen molar-refractivity contribution in [2.75, 3.05) is 0 Å². The molecule has 0 saturated carbocycles. The van der Waals surface area contributed by atoms with Crippen LogP contribution in [0, 0.1) is 0 Å². The lowest BCUT2D eigenvalue weighted by atomic mass is 10.0. The molecule has 0 aromatic heterocycles. The zero-order valence-corrected chi connectivity index (χ0v) is 8.18. The largest absolute Gasteiger partial charge is 0.478 e. The van der Waals surface area contributed by atoms with Gasteiger partial charge in [0.25, 0.3) is 0 Å². The van der Waals surface area contributed by atoms with Crippen LogP contribution in [0.3, 0.4) is 0 Å². The molecule has 0 saturated heterocycles. The molecule has 0 radical (unpaired) electrons. The standard InChI is InChI=1S/C10H18O2/c1-4-5-6-7-9(8(2)3)10(11)12/h4-7H2,1-3H3,(H,11,12). The Labute approximate surface area is 74.3 Å². The molecule has 0 amide bonds. The molecule has 0 spiro atoms. The van der Waals surface area contributed by atoms with Crippen LogP contribution in [0.25, 0.3) is 0 Å². The SMILES string of the molecule is CCCCCC(C(=O)O)=C(C)C. The number of carboxylic acids is 1. The van der Waals surface area contributed by atoms with E-state index < -0.39 is 5.97 Å². The van der Waals surface area contributed by atoms with Gasteiger partial charge in [0.1, 0.15) is 0 Å². The minimum atomic E-state index is -0.758. The van der Waals surface area contributed by atoms with Crippen LogP contribution in [0.1, 0.15) is 46.5 Å². The number of unbranched alkanes of at least 4 members (excludes halogenated alkanes) is 2. The van der Waals surface area contributed by atoms with Crippen LogP contribution in [0.5, 0.6) is 0 Å². The van der Waals surface area contributed by atoms with Crippen molar-refractivity contribution < 1.29 is 9.90 Å². The second-order valence-electron chi connectivity index (χ2n) is 3.24. The normalized spacial score (nSPS) is 9.58. The van der Waals surface area contributed by atoms with Crippen molar-refractivity contribution in [3.05, 3.63) is 11.1 Å². The molecule has 0 unspecified atom stereocenters. The van der Waals surface area contributed by atoms with E-state index in [2.05, 4.69) is 6.92 Å². The first-order valence-corrected chi connectivity index (χ1v) is 4.49. The number of carboxylic acid groups (broad SMARTS) is 1. The molecule has 1 N–H and O–H groups in total. The van der Waals surface area contributed by atoms with Gasteiger partial charge in [0.05, 0.1) is 0 Å². The van der Waals surface area contributed by atoms with Gasteiger partial charge in [-0.1, -0.05) is 25.3 Å². The molecular formula is C10H18O2. The number of hydrogen-bond acceptors (Lipinski definition) is 1. The Balaban J connectivity index is 4.00. The first-order valence-electron chi connectivity index (χ1n) is 4.49. The fourth-order valence-electron chi connectivity index (χ4n) is 1.12. The number of hydrogen-bond donors (Lipinski definition) is 1. The fourth-order valence-corrected chi connectivity index (χ4v) is 1.12. The number of aliphatic carboxylic acids is 1. The third kappa shape index (κ3) is 4.16. The third-order valence-corrected chi connectivity index (χ3v) is 1.89. The highest BCUT2D eigenvalue weighted by molar-refractivity contribution is 5.87. The predicted molar refractivity (Wildman–Crippen MR) is 50.2 cm³/mol. The van der Waals surface area contributed by atoms with Gasteiger partial charge in [0.2, 0.25) is 0 Å². The van der Waals surface area contributed by atoms with Crippen LogP contribution >= 0.6 is 0 Å². The van der Waals surface area contributed by atoms with Gasteiger partial charge in [0.15, 0.2) is 0 Å². The molecular weight excluding hydrogens is 152 g/mol. The summed E-state index contributed by atoms with van der Waals surface area (Å²) in [5, 5.41) is 8.79. The summed E-state index contributed by atoms with van der Waals surface area (Å²) in [4.78, 5) is 10.7. The van der Waals surface area contributed by atoms with E-state index in [0.717, 1.165) is 24.8 Å². The van der Waals surface area contributed by atoms with E-state index in [1.165, 1.54) is 0 Å². The Morgan fingerprint density at radius 3 is 2.17 bits per heavy atom. The van der Waals surface area contributed by atoms with Crippen molar-refractivity contribution >= 4 is 5.97 Å². The lowest BCUT2D eigenvalue weighted by Gasteiger charge is -2.03. The maximum absolute atomic E-state index is 10.7. The molecule has 70 valence electrons. The maximum atomic E-state index is 10.7. The zero-order chi connectivity index (χ0) is 9.56. The van der Waals surface area contributed by atoms with Gasteiger partial charge in [-0.15, -0.1) is 0 Å². The molecule has 0 bridgehead atoms. The Kier molecular flexibility index (Phi) is 5.43. The molecule has 0 heterocycles. The zero-order valence-electron chi connectivity index (χ0n) is 8.18. The van der Waals surface area contributed by atoms with Crippen molar-refractivity contribution in [3.63, 3.8) is 0 Å². The molecule has 0 fully saturated rings. The summed E-state index contributed by atoms with van der Waals surface area (Å²) < 4.78 is 0. The number of allylic oxidation sites excluding steroid dienone is 1. The van der Waals surface area contributed by atoms with E-state index in [0.29, 0.717) is 12.0 Å². The molecule has 0 aromatic carbocycles. The maximum Gasteiger partial charge on any atom is 0.331 e. The number of rotatable bonds is 5. The van der Waals surface area contributed by atoms with Gasteiger partial charge in [0, 0.05) is 5.57 Å². The van der Waals surface area contributed by atoms with Crippen molar-refractivity contribution in [2.24, 2.45) is 0 Å². The Morgan fingerprint density at radius 1 is 1.25 bits per heavy atom. The predicted octanol–water partition coefficient (Wildman–Crippen LogP) is 2.99. The van der Waals surface area contributed by atoms with E-state index in [4.69, 9.17) is 5.11 Å². The molecule has 0 aliphatic carbocycles. The highest BCUT2D eigenvalue weighted by atomic mass is 16.4. The first kappa shape index (κ1) is 11.2. The molecule has 0 aliphatic rings. The van der Waals surface area contributed by atoms with Crippen molar-refractivity contribution in [1.29, 1.82) is 0 Å². The molecule has 12 heavy (non-hydrogen) atoms. The van der Waals surface area contributed by atoms with Gasteiger partial charge in [-0.2, -0.15) is 0 Å². The molecule has 0 rings (SSSR count). The van der Waals surface area contributed by atoms with Crippen LogP contribution in [0.4, 0.5) is 0 Å². The smallest absolute Gasteiger partial charge is 0.331 e. The topological polar surface area (TPSA) is 37.3 Å². The average molecular weight is 170 g/mol. The Hall–Kier alpha value is -0.790. The summed E-state index contributed by atoms with van der Waals surface area (Å²) in [5.41, 5.74) is 1.52. The van der Waals surface area contributed by atoms with Gasteiger partial charge in [-0.25, -0.2) is 4.79 Å². The highest BCUT2D eigenvalue weighted by Crippen LogP contribution is 2.13. The first-order chi connectivity index (χ1) is 5.59. The average Bonchev–Trinajstić information content (AvgIpc) is 1.96. The molecule has 0 aliphatic heterocycles. The molecule has 0 atom stereocenters. The molecule has 0 aromatic rings. The quantitative estimate of drug-likeness (QED) is 0.508. The van der Waals surface area contributed by atoms with Crippen LogP contribution in [-0.2, 0) is 4.79 Å². The van der Waals surface area contributed by atoms with E-state index in [1.807, 2.05) is 13.8 Å². The van der Waals surface area contributed by atoms with Gasteiger partial charge < -0.3 is 5.11 Å². The van der Waals surface area contributed by atoms with Gasteiger partial charge >= 0.3 is 5.97 Å². The van der Waals surface area contributed by atoms with Crippen LogP contribution < -0.4 is 0 Å². The van der Waals surface area contributed by atoms with Gasteiger partial charge in [-0.05, 0) is 26.7 Å². The summed E-state index contributed by atoms with van der Waals surface area (Å²) in [6.45, 7) is 5.83. The van der Waals surface area contributed by atoms with E-state index in [-0.39, 0.29) is 0 Å². The fraction of sp³-hybridized carbons (Fsp3) is 0.700. The second kappa shape index (κ2) is 5.81. The van der Waals surface area contributed by atoms with E-state index >= 15 is 0 Å².